The highest BCUT2D eigenvalue weighted by molar-refractivity contribution is 7.16. The minimum absolute atomic E-state index is 0.0191. The van der Waals surface area contributed by atoms with Crippen LogP contribution in [0.2, 0.25) is 0 Å². The number of amides is 1. The van der Waals surface area contributed by atoms with Gasteiger partial charge in [-0.3, -0.25) is 4.79 Å². The van der Waals surface area contributed by atoms with Crippen molar-refractivity contribution in [2.45, 2.75) is 39.1 Å². The standard InChI is InChI=1S/C17H20N2O4S/c1-10-7-19(8-11(2)22-10)16(20)12(3)23-17(21)13-4-5-14-15(6-13)24-9-18-14/h4-6,9-12H,7-8H2,1-3H3/t10-,11-,12+/m1/s1. The van der Waals surface area contributed by atoms with Crippen molar-refractivity contribution >= 4 is 33.4 Å². The van der Waals surface area contributed by atoms with Crippen molar-refractivity contribution in [1.82, 2.24) is 9.88 Å². The Morgan fingerprint density at radius 3 is 2.75 bits per heavy atom. The molecule has 128 valence electrons. The van der Waals surface area contributed by atoms with Gasteiger partial charge in [0.25, 0.3) is 5.91 Å². The summed E-state index contributed by atoms with van der Waals surface area (Å²) in [6.07, 6.45) is -0.865. The van der Waals surface area contributed by atoms with Gasteiger partial charge in [0.15, 0.2) is 6.10 Å². The first-order valence-corrected chi connectivity index (χ1v) is 8.80. The van der Waals surface area contributed by atoms with Crippen LogP contribution >= 0.6 is 11.3 Å². The van der Waals surface area contributed by atoms with E-state index in [1.807, 2.05) is 13.8 Å². The van der Waals surface area contributed by atoms with E-state index in [9.17, 15) is 9.59 Å². The van der Waals surface area contributed by atoms with Crippen LogP contribution < -0.4 is 0 Å². The zero-order valence-electron chi connectivity index (χ0n) is 13.9. The van der Waals surface area contributed by atoms with Crippen LogP contribution in [0.4, 0.5) is 0 Å². The van der Waals surface area contributed by atoms with Crippen LogP contribution in [-0.4, -0.2) is 53.2 Å². The molecule has 0 unspecified atom stereocenters. The Kier molecular flexibility index (Phi) is 4.82. The Morgan fingerprint density at radius 2 is 2.04 bits per heavy atom. The number of ether oxygens (including phenoxy) is 2. The molecule has 1 aromatic carbocycles. The summed E-state index contributed by atoms with van der Waals surface area (Å²) >= 11 is 1.46. The van der Waals surface area contributed by atoms with E-state index >= 15 is 0 Å². The quantitative estimate of drug-likeness (QED) is 0.797. The third kappa shape index (κ3) is 3.57. The fourth-order valence-electron chi connectivity index (χ4n) is 2.88. The molecule has 0 saturated carbocycles. The number of fused-ring (bicyclic) bond motifs is 1. The minimum atomic E-state index is -0.827. The van der Waals surface area contributed by atoms with Gasteiger partial charge in [-0.1, -0.05) is 0 Å². The third-order valence-corrected chi connectivity index (χ3v) is 4.72. The number of benzene rings is 1. The number of hydrogen-bond acceptors (Lipinski definition) is 6. The number of hydrogen-bond donors (Lipinski definition) is 0. The van der Waals surface area contributed by atoms with Gasteiger partial charge in [-0.2, -0.15) is 0 Å². The molecular formula is C17H20N2O4S. The van der Waals surface area contributed by atoms with Gasteiger partial charge in [0.2, 0.25) is 0 Å². The lowest BCUT2D eigenvalue weighted by molar-refractivity contribution is -0.151. The molecule has 1 saturated heterocycles. The SMILES string of the molecule is C[C@@H]1CN(C(=O)[C@H](C)OC(=O)c2ccc3ncsc3c2)C[C@@H](C)O1. The molecular weight excluding hydrogens is 328 g/mol. The summed E-state index contributed by atoms with van der Waals surface area (Å²) < 4.78 is 11.9. The second-order valence-corrected chi connectivity index (χ2v) is 6.97. The van der Waals surface area contributed by atoms with Crippen molar-refractivity contribution in [1.29, 1.82) is 0 Å². The van der Waals surface area contributed by atoms with Crippen molar-refractivity contribution in [3.8, 4) is 0 Å². The van der Waals surface area contributed by atoms with Gasteiger partial charge in [0.1, 0.15) is 0 Å². The van der Waals surface area contributed by atoms with Gasteiger partial charge < -0.3 is 14.4 Å². The van der Waals surface area contributed by atoms with Crippen LogP contribution in [0, 0.1) is 0 Å². The molecule has 3 rings (SSSR count). The molecule has 2 aromatic rings. The molecule has 3 atom stereocenters. The Bertz CT molecular complexity index is 750. The third-order valence-electron chi connectivity index (χ3n) is 3.93. The zero-order valence-corrected chi connectivity index (χ0v) is 14.7. The molecule has 0 bridgehead atoms. The Morgan fingerprint density at radius 1 is 1.33 bits per heavy atom. The van der Waals surface area contributed by atoms with E-state index < -0.39 is 12.1 Å². The van der Waals surface area contributed by atoms with E-state index in [0.29, 0.717) is 18.7 Å². The summed E-state index contributed by atoms with van der Waals surface area (Å²) in [5.41, 5.74) is 3.00. The first-order chi connectivity index (χ1) is 11.4. The van der Waals surface area contributed by atoms with Gasteiger partial charge in [-0.25, -0.2) is 9.78 Å². The largest absolute Gasteiger partial charge is 0.449 e. The van der Waals surface area contributed by atoms with Gasteiger partial charge in [0, 0.05) is 13.1 Å². The van der Waals surface area contributed by atoms with Gasteiger partial charge in [0.05, 0.1) is 33.5 Å². The summed E-state index contributed by atoms with van der Waals surface area (Å²) in [5.74, 6) is -0.690. The molecule has 0 spiro atoms. The smallest absolute Gasteiger partial charge is 0.338 e. The average Bonchev–Trinajstić information content (AvgIpc) is 3.00. The minimum Gasteiger partial charge on any atom is -0.449 e. The highest BCUT2D eigenvalue weighted by atomic mass is 32.1. The Labute approximate surface area is 144 Å². The molecule has 1 aliphatic rings. The van der Waals surface area contributed by atoms with Crippen molar-refractivity contribution < 1.29 is 19.1 Å². The Balaban J connectivity index is 1.65. The normalized spacial score (nSPS) is 22.4. The van der Waals surface area contributed by atoms with E-state index in [1.54, 1.807) is 35.5 Å². The highest BCUT2D eigenvalue weighted by Gasteiger charge is 2.30. The monoisotopic (exact) mass is 348 g/mol. The summed E-state index contributed by atoms with van der Waals surface area (Å²) in [4.78, 5) is 30.7. The fraction of sp³-hybridized carbons (Fsp3) is 0.471. The van der Waals surface area contributed by atoms with Crippen molar-refractivity contribution in [3.05, 3.63) is 29.3 Å². The number of nitrogens with zero attached hydrogens (tertiary/aromatic N) is 2. The van der Waals surface area contributed by atoms with Crippen LogP contribution in [-0.2, 0) is 14.3 Å². The average molecular weight is 348 g/mol. The molecule has 2 heterocycles. The van der Waals surface area contributed by atoms with E-state index in [2.05, 4.69) is 4.98 Å². The van der Waals surface area contributed by atoms with Crippen LogP contribution in [0.5, 0.6) is 0 Å². The van der Waals surface area contributed by atoms with Gasteiger partial charge in [-0.05, 0) is 39.0 Å². The van der Waals surface area contributed by atoms with Crippen LogP contribution in [0.15, 0.2) is 23.7 Å². The van der Waals surface area contributed by atoms with Crippen molar-refractivity contribution in [3.63, 3.8) is 0 Å². The lowest BCUT2D eigenvalue weighted by Gasteiger charge is -2.36. The number of thiazole rings is 1. The number of rotatable bonds is 3. The van der Waals surface area contributed by atoms with Crippen LogP contribution in [0.25, 0.3) is 10.2 Å². The number of carbonyl (C=O) groups excluding carboxylic acids is 2. The maximum Gasteiger partial charge on any atom is 0.338 e. The number of esters is 1. The molecule has 0 radical (unpaired) electrons. The highest BCUT2D eigenvalue weighted by Crippen LogP contribution is 2.20. The lowest BCUT2D eigenvalue weighted by Crippen LogP contribution is -2.51. The number of aromatic nitrogens is 1. The lowest BCUT2D eigenvalue weighted by atomic mass is 10.2. The topological polar surface area (TPSA) is 68.7 Å². The number of carbonyl (C=O) groups is 2. The van der Waals surface area contributed by atoms with E-state index in [0.717, 1.165) is 10.2 Å². The van der Waals surface area contributed by atoms with E-state index in [4.69, 9.17) is 9.47 Å². The molecule has 0 N–H and O–H groups in total. The predicted molar refractivity (Wildman–Crippen MR) is 91.1 cm³/mol. The summed E-state index contributed by atoms with van der Waals surface area (Å²) in [5, 5.41) is 0. The molecule has 24 heavy (non-hydrogen) atoms. The van der Waals surface area contributed by atoms with Crippen molar-refractivity contribution in [2.24, 2.45) is 0 Å². The second kappa shape index (κ2) is 6.86. The molecule has 1 fully saturated rings. The predicted octanol–water partition coefficient (Wildman–Crippen LogP) is 2.48. The Hall–Kier alpha value is -1.99. The molecule has 0 aliphatic carbocycles. The van der Waals surface area contributed by atoms with Crippen LogP contribution in [0.3, 0.4) is 0 Å². The van der Waals surface area contributed by atoms with Gasteiger partial charge in [-0.15, -0.1) is 11.3 Å². The molecule has 1 amide bonds. The summed E-state index contributed by atoms with van der Waals surface area (Å²) in [6, 6.07) is 5.19. The second-order valence-electron chi connectivity index (χ2n) is 6.08. The maximum atomic E-state index is 12.5. The first-order valence-electron chi connectivity index (χ1n) is 7.92. The van der Waals surface area contributed by atoms with Gasteiger partial charge >= 0.3 is 5.97 Å². The zero-order chi connectivity index (χ0) is 17.3. The van der Waals surface area contributed by atoms with Crippen LogP contribution in [0.1, 0.15) is 31.1 Å². The first kappa shape index (κ1) is 16.9. The molecule has 1 aliphatic heterocycles. The molecule has 1 aromatic heterocycles. The van der Waals surface area contributed by atoms with Crippen molar-refractivity contribution in [2.75, 3.05) is 13.1 Å². The molecule has 6 nitrogen and oxygen atoms in total. The van der Waals surface area contributed by atoms with E-state index in [1.165, 1.54) is 11.3 Å². The van der Waals surface area contributed by atoms with E-state index in [-0.39, 0.29) is 18.1 Å². The molecule has 7 heteroatoms. The summed E-state index contributed by atoms with van der Waals surface area (Å²) in [7, 11) is 0. The maximum absolute atomic E-state index is 12.5. The fourth-order valence-corrected chi connectivity index (χ4v) is 3.59. The number of morpholine rings is 1. The summed E-state index contributed by atoms with van der Waals surface area (Å²) in [6.45, 7) is 6.49.